The molecule has 0 fully saturated rings. The number of aromatic nitrogens is 3. The van der Waals surface area contributed by atoms with Gasteiger partial charge in [-0.2, -0.15) is 0 Å². The van der Waals surface area contributed by atoms with Crippen LogP contribution in [0.5, 0.6) is 0 Å². The van der Waals surface area contributed by atoms with Gasteiger partial charge in [0.2, 0.25) is 0 Å². The number of pyridine rings is 1. The van der Waals surface area contributed by atoms with Crippen LogP contribution in [0.25, 0.3) is 0 Å². The fourth-order valence-electron chi connectivity index (χ4n) is 3.34. The van der Waals surface area contributed by atoms with E-state index in [0.717, 1.165) is 50.0 Å². The quantitative estimate of drug-likeness (QED) is 0.668. The van der Waals surface area contributed by atoms with E-state index in [2.05, 4.69) is 25.5 Å². The van der Waals surface area contributed by atoms with Crippen molar-refractivity contribution in [2.45, 2.75) is 38.8 Å². The van der Waals surface area contributed by atoms with Gasteiger partial charge in [0.25, 0.3) is 11.8 Å². The molecule has 3 heterocycles. The Morgan fingerprint density at radius 3 is 2.68 bits per heavy atom. The van der Waals surface area contributed by atoms with Crippen molar-refractivity contribution in [3.8, 4) is 0 Å². The van der Waals surface area contributed by atoms with Gasteiger partial charge < -0.3 is 20.1 Å². The van der Waals surface area contributed by atoms with Gasteiger partial charge in [-0.05, 0) is 64.0 Å². The van der Waals surface area contributed by atoms with Gasteiger partial charge in [-0.15, -0.1) is 0 Å². The van der Waals surface area contributed by atoms with Crippen molar-refractivity contribution in [1.82, 2.24) is 30.1 Å². The van der Waals surface area contributed by atoms with Crippen LogP contribution >= 0.6 is 0 Å². The molecule has 0 unspecified atom stereocenters. The van der Waals surface area contributed by atoms with Crippen LogP contribution < -0.4 is 10.6 Å². The Kier molecular flexibility index (Phi) is 6.76. The Morgan fingerprint density at radius 2 is 1.93 bits per heavy atom. The minimum atomic E-state index is -0.242. The second kappa shape index (κ2) is 9.45. The van der Waals surface area contributed by atoms with E-state index >= 15 is 0 Å². The maximum atomic E-state index is 12.7. The van der Waals surface area contributed by atoms with Crippen LogP contribution in [-0.2, 0) is 19.5 Å². The molecule has 0 radical (unpaired) electrons. The van der Waals surface area contributed by atoms with Crippen molar-refractivity contribution in [3.63, 3.8) is 0 Å². The predicted molar refractivity (Wildman–Crippen MR) is 106 cm³/mol. The third-order valence-electron chi connectivity index (χ3n) is 4.81. The molecule has 0 atom stereocenters. The lowest BCUT2D eigenvalue weighted by Gasteiger charge is -2.17. The van der Waals surface area contributed by atoms with Crippen LogP contribution in [0.15, 0.2) is 24.5 Å². The first-order chi connectivity index (χ1) is 13.6. The molecule has 0 spiro atoms. The molecule has 1 aliphatic heterocycles. The van der Waals surface area contributed by atoms with Crippen LogP contribution in [0.1, 0.15) is 51.6 Å². The fourth-order valence-corrected chi connectivity index (χ4v) is 3.34. The smallest absolute Gasteiger partial charge is 0.287 e. The van der Waals surface area contributed by atoms with E-state index in [1.54, 1.807) is 12.4 Å². The average molecular weight is 384 g/mol. The Hall–Kier alpha value is -2.74. The number of amides is 2. The van der Waals surface area contributed by atoms with Crippen molar-refractivity contribution >= 4 is 11.8 Å². The van der Waals surface area contributed by atoms with Gasteiger partial charge in [0.15, 0.2) is 5.82 Å². The molecule has 150 valence electrons. The van der Waals surface area contributed by atoms with Gasteiger partial charge in [-0.25, -0.2) is 4.98 Å². The lowest BCUT2D eigenvalue weighted by molar-refractivity contribution is 0.0936. The van der Waals surface area contributed by atoms with Gasteiger partial charge >= 0.3 is 0 Å². The first-order valence-electron chi connectivity index (χ1n) is 9.75. The molecule has 1 aliphatic rings. The molecule has 0 bridgehead atoms. The lowest BCUT2D eigenvalue weighted by atomic mass is 10.1. The SMILES string of the molecule is CN(C)CCCNC(=O)c1nc(C(=O)NCc2ccncc2)c2n1CCCC2. The Morgan fingerprint density at radius 1 is 1.14 bits per heavy atom. The fraction of sp³-hybridized carbons (Fsp3) is 0.500. The average Bonchev–Trinajstić information content (AvgIpc) is 3.10. The topological polar surface area (TPSA) is 92.2 Å². The number of hydrogen-bond donors (Lipinski definition) is 2. The Balaban J connectivity index is 1.69. The molecule has 2 N–H and O–H groups in total. The third kappa shape index (κ3) is 4.95. The van der Waals surface area contributed by atoms with E-state index < -0.39 is 0 Å². The Labute approximate surface area is 165 Å². The summed E-state index contributed by atoms with van der Waals surface area (Å²) in [4.78, 5) is 35.8. The standard InChI is InChI=1S/C20H28N6O2/c1-25(2)12-5-9-22-20(28)18-24-17(16-6-3-4-13-26(16)18)19(27)23-14-15-7-10-21-11-8-15/h7-8,10-11H,3-6,9,12-14H2,1-2H3,(H,22,28)(H,23,27). The molecular weight excluding hydrogens is 356 g/mol. The van der Waals surface area contributed by atoms with Crippen molar-refractivity contribution in [3.05, 3.63) is 47.3 Å². The number of nitrogens with one attached hydrogen (secondary N) is 2. The molecule has 3 rings (SSSR count). The summed E-state index contributed by atoms with van der Waals surface area (Å²) in [6.45, 7) is 2.62. The van der Waals surface area contributed by atoms with Crippen molar-refractivity contribution in [2.24, 2.45) is 0 Å². The van der Waals surface area contributed by atoms with Crippen LogP contribution in [0.2, 0.25) is 0 Å². The second-order valence-electron chi connectivity index (χ2n) is 7.29. The predicted octanol–water partition coefficient (Wildman–Crippen LogP) is 1.23. The normalized spacial score (nSPS) is 13.2. The molecule has 2 aromatic rings. The number of hydrogen-bond acceptors (Lipinski definition) is 5. The zero-order valence-corrected chi connectivity index (χ0v) is 16.6. The zero-order valence-electron chi connectivity index (χ0n) is 16.6. The minimum absolute atomic E-state index is 0.213. The summed E-state index contributed by atoms with van der Waals surface area (Å²) in [7, 11) is 4.01. The number of nitrogens with zero attached hydrogens (tertiary/aromatic N) is 4. The van der Waals surface area contributed by atoms with E-state index in [1.165, 1.54) is 0 Å². The summed E-state index contributed by atoms with van der Waals surface area (Å²) >= 11 is 0. The van der Waals surface area contributed by atoms with E-state index in [9.17, 15) is 9.59 Å². The zero-order chi connectivity index (χ0) is 19.9. The van der Waals surface area contributed by atoms with Crippen molar-refractivity contribution < 1.29 is 9.59 Å². The molecular formula is C20H28N6O2. The first-order valence-corrected chi connectivity index (χ1v) is 9.75. The molecule has 2 amide bonds. The third-order valence-corrected chi connectivity index (χ3v) is 4.81. The van der Waals surface area contributed by atoms with Gasteiger partial charge in [0.1, 0.15) is 5.69 Å². The summed E-state index contributed by atoms with van der Waals surface area (Å²) in [6.07, 6.45) is 7.00. The lowest BCUT2D eigenvalue weighted by Crippen LogP contribution is -2.30. The van der Waals surface area contributed by atoms with E-state index in [4.69, 9.17) is 0 Å². The van der Waals surface area contributed by atoms with Crippen LogP contribution in [0.3, 0.4) is 0 Å². The Bertz CT molecular complexity index is 816. The van der Waals surface area contributed by atoms with Gasteiger partial charge in [0.05, 0.1) is 5.69 Å². The summed E-state index contributed by atoms with van der Waals surface area (Å²) in [6, 6.07) is 3.71. The summed E-state index contributed by atoms with van der Waals surface area (Å²) in [5, 5.41) is 5.83. The molecule has 0 aliphatic carbocycles. The molecule has 0 saturated heterocycles. The molecule has 2 aromatic heterocycles. The number of carbonyl (C=O) groups is 2. The second-order valence-corrected chi connectivity index (χ2v) is 7.29. The van der Waals surface area contributed by atoms with Crippen LogP contribution in [0, 0.1) is 0 Å². The molecule has 8 heteroatoms. The number of imidazole rings is 1. The number of rotatable bonds is 8. The monoisotopic (exact) mass is 384 g/mol. The van der Waals surface area contributed by atoms with E-state index in [1.807, 2.05) is 30.8 Å². The highest BCUT2D eigenvalue weighted by molar-refractivity contribution is 5.97. The van der Waals surface area contributed by atoms with Crippen molar-refractivity contribution in [2.75, 3.05) is 27.2 Å². The van der Waals surface area contributed by atoms with Crippen LogP contribution in [-0.4, -0.2) is 58.4 Å². The molecule has 0 aromatic carbocycles. The number of carbonyl (C=O) groups excluding carboxylic acids is 2. The van der Waals surface area contributed by atoms with E-state index in [-0.39, 0.29) is 11.8 Å². The minimum Gasteiger partial charge on any atom is -0.349 e. The first kappa shape index (κ1) is 20.0. The van der Waals surface area contributed by atoms with Crippen LogP contribution in [0.4, 0.5) is 0 Å². The number of fused-ring (bicyclic) bond motifs is 1. The largest absolute Gasteiger partial charge is 0.349 e. The highest BCUT2D eigenvalue weighted by Gasteiger charge is 2.27. The van der Waals surface area contributed by atoms with Gasteiger partial charge in [-0.3, -0.25) is 14.6 Å². The highest BCUT2D eigenvalue weighted by Crippen LogP contribution is 2.21. The van der Waals surface area contributed by atoms with Crippen molar-refractivity contribution in [1.29, 1.82) is 0 Å². The summed E-state index contributed by atoms with van der Waals surface area (Å²) < 4.78 is 1.91. The molecule has 28 heavy (non-hydrogen) atoms. The molecule has 0 saturated carbocycles. The summed E-state index contributed by atoms with van der Waals surface area (Å²) in [5.74, 6) is -0.113. The highest BCUT2D eigenvalue weighted by atomic mass is 16.2. The van der Waals surface area contributed by atoms with E-state index in [0.29, 0.717) is 24.6 Å². The van der Waals surface area contributed by atoms with Gasteiger partial charge in [0, 0.05) is 32.0 Å². The molecule has 8 nitrogen and oxygen atoms in total. The summed E-state index contributed by atoms with van der Waals surface area (Å²) in [5.41, 5.74) is 2.19. The van der Waals surface area contributed by atoms with Gasteiger partial charge in [-0.1, -0.05) is 0 Å². The maximum Gasteiger partial charge on any atom is 0.287 e. The maximum absolute atomic E-state index is 12.7.